The number of amides is 2. The standard InChI is InChI=1S/C18H21ClN2O4/c19-13-6-2-3-7-14(13)21-11-12(10-15(21)22)16(23)20-18(17(24)25)8-4-1-5-9-18/h2-3,6-7,12H,1,4-5,8-11H2,(H,20,23)(H,24,25)/t12-/m0/s1. The molecule has 2 fully saturated rings. The van der Waals surface area contributed by atoms with Crippen LogP contribution in [0.25, 0.3) is 0 Å². The molecular weight excluding hydrogens is 344 g/mol. The largest absolute Gasteiger partial charge is 0.480 e. The van der Waals surface area contributed by atoms with E-state index in [1.165, 1.54) is 4.90 Å². The lowest BCUT2D eigenvalue weighted by atomic mass is 9.81. The number of nitrogens with one attached hydrogen (secondary N) is 1. The van der Waals surface area contributed by atoms with Crippen LogP contribution in [-0.2, 0) is 14.4 Å². The Labute approximate surface area is 151 Å². The molecule has 0 bridgehead atoms. The Balaban J connectivity index is 1.72. The van der Waals surface area contributed by atoms with E-state index < -0.39 is 17.4 Å². The van der Waals surface area contributed by atoms with Gasteiger partial charge in [-0.3, -0.25) is 9.59 Å². The van der Waals surface area contributed by atoms with Crippen LogP contribution < -0.4 is 10.2 Å². The van der Waals surface area contributed by atoms with Gasteiger partial charge < -0.3 is 15.3 Å². The van der Waals surface area contributed by atoms with Gasteiger partial charge in [0, 0.05) is 13.0 Å². The van der Waals surface area contributed by atoms with Gasteiger partial charge >= 0.3 is 5.97 Å². The number of nitrogens with zero attached hydrogens (tertiary/aromatic N) is 1. The summed E-state index contributed by atoms with van der Waals surface area (Å²) in [6, 6.07) is 6.99. The average molecular weight is 365 g/mol. The molecule has 0 radical (unpaired) electrons. The minimum atomic E-state index is -1.20. The molecule has 25 heavy (non-hydrogen) atoms. The molecule has 1 saturated heterocycles. The molecule has 1 saturated carbocycles. The first-order valence-corrected chi connectivity index (χ1v) is 8.91. The first kappa shape index (κ1) is 17.7. The third kappa shape index (κ3) is 3.49. The van der Waals surface area contributed by atoms with Gasteiger partial charge in [0.2, 0.25) is 11.8 Å². The Kier molecular flexibility index (Phi) is 4.99. The number of para-hydroxylation sites is 1. The van der Waals surface area contributed by atoms with Gasteiger partial charge in [0.25, 0.3) is 0 Å². The first-order valence-electron chi connectivity index (χ1n) is 8.53. The fourth-order valence-electron chi connectivity index (χ4n) is 3.67. The Bertz CT molecular complexity index is 700. The lowest BCUT2D eigenvalue weighted by molar-refractivity contribution is -0.149. The maximum absolute atomic E-state index is 12.6. The van der Waals surface area contributed by atoms with Crippen LogP contribution in [0.3, 0.4) is 0 Å². The van der Waals surface area contributed by atoms with Gasteiger partial charge in [0.05, 0.1) is 16.6 Å². The van der Waals surface area contributed by atoms with Crippen molar-refractivity contribution in [1.82, 2.24) is 5.32 Å². The summed E-state index contributed by atoms with van der Waals surface area (Å²) in [5, 5.41) is 12.8. The van der Waals surface area contributed by atoms with Crippen LogP contribution in [0.15, 0.2) is 24.3 Å². The summed E-state index contributed by atoms with van der Waals surface area (Å²) >= 11 is 6.14. The van der Waals surface area contributed by atoms with Crippen LogP contribution in [0, 0.1) is 5.92 Å². The number of hydrogen-bond donors (Lipinski definition) is 2. The Morgan fingerprint density at radius 2 is 1.88 bits per heavy atom. The van der Waals surface area contributed by atoms with Gasteiger partial charge in [0.15, 0.2) is 0 Å². The van der Waals surface area contributed by atoms with Crippen molar-refractivity contribution in [2.45, 2.75) is 44.1 Å². The molecule has 7 heteroatoms. The number of aliphatic carboxylic acids is 1. The zero-order chi connectivity index (χ0) is 18.0. The third-order valence-electron chi connectivity index (χ3n) is 5.12. The summed E-state index contributed by atoms with van der Waals surface area (Å²) in [4.78, 5) is 38.2. The van der Waals surface area contributed by atoms with Gasteiger partial charge in [-0.25, -0.2) is 4.79 Å². The van der Waals surface area contributed by atoms with Crippen LogP contribution in [0.1, 0.15) is 38.5 Å². The summed E-state index contributed by atoms with van der Waals surface area (Å²) in [6.45, 7) is 0.212. The number of benzene rings is 1. The van der Waals surface area contributed by atoms with E-state index in [2.05, 4.69) is 5.32 Å². The SMILES string of the molecule is O=C(NC1(C(=O)O)CCCCC1)[C@H]1CC(=O)N(c2ccccc2Cl)C1. The monoisotopic (exact) mass is 364 g/mol. The number of carboxylic acid groups (broad SMARTS) is 1. The minimum absolute atomic E-state index is 0.0623. The van der Waals surface area contributed by atoms with Crippen LogP contribution in [0.2, 0.25) is 5.02 Å². The number of anilines is 1. The van der Waals surface area contributed by atoms with Crippen molar-refractivity contribution in [2.75, 3.05) is 11.4 Å². The molecule has 134 valence electrons. The van der Waals surface area contributed by atoms with E-state index >= 15 is 0 Å². The molecule has 1 aliphatic carbocycles. The van der Waals surface area contributed by atoms with Crippen LogP contribution >= 0.6 is 11.6 Å². The number of rotatable bonds is 4. The predicted octanol–water partition coefficient (Wildman–Crippen LogP) is 2.60. The molecule has 1 aromatic carbocycles. The summed E-state index contributed by atoms with van der Waals surface area (Å²) in [5.41, 5.74) is -0.619. The molecule has 2 aliphatic rings. The van der Waals surface area contributed by atoms with E-state index in [1.807, 2.05) is 0 Å². The lowest BCUT2D eigenvalue weighted by Crippen LogP contribution is -2.57. The quantitative estimate of drug-likeness (QED) is 0.859. The molecule has 1 aromatic rings. The number of halogens is 1. The van der Waals surface area contributed by atoms with Crippen molar-refractivity contribution < 1.29 is 19.5 Å². The molecule has 1 atom stereocenters. The van der Waals surface area contributed by atoms with Crippen molar-refractivity contribution in [3.8, 4) is 0 Å². The van der Waals surface area contributed by atoms with Crippen LogP contribution in [-0.4, -0.2) is 35.0 Å². The summed E-state index contributed by atoms with van der Waals surface area (Å²) in [7, 11) is 0. The molecule has 1 heterocycles. The van der Waals surface area contributed by atoms with Crippen molar-refractivity contribution in [3.63, 3.8) is 0 Å². The molecule has 6 nitrogen and oxygen atoms in total. The van der Waals surface area contributed by atoms with E-state index in [0.717, 1.165) is 19.3 Å². The lowest BCUT2D eigenvalue weighted by Gasteiger charge is -2.34. The maximum atomic E-state index is 12.6. The smallest absolute Gasteiger partial charge is 0.329 e. The molecule has 1 aliphatic heterocycles. The van der Waals surface area contributed by atoms with Gasteiger partial charge in [0.1, 0.15) is 5.54 Å². The van der Waals surface area contributed by atoms with Gasteiger partial charge in [-0.15, -0.1) is 0 Å². The summed E-state index contributed by atoms with van der Waals surface area (Å²) in [5.74, 6) is -2.11. The highest BCUT2D eigenvalue weighted by molar-refractivity contribution is 6.33. The second-order valence-corrected chi connectivity index (χ2v) is 7.20. The van der Waals surface area contributed by atoms with E-state index in [4.69, 9.17) is 11.6 Å². The Morgan fingerprint density at radius 3 is 2.52 bits per heavy atom. The number of carbonyl (C=O) groups is 3. The Hall–Kier alpha value is -2.08. The minimum Gasteiger partial charge on any atom is -0.480 e. The van der Waals surface area contributed by atoms with Crippen LogP contribution in [0.4, 0.5) is 5.69 Å². The topological polar surface area (TPSA) is 86.7 Å². The van der Waals surface area contributed by atoms with Gasteiger partial charge in [-0.05, 0) is 25.0 Å². The molecule has 0 aromatic heterocycles. The average Bonchev–Trinajstić information content (AvgIpc) is 2.98. The van der Waals surface area contributed by atoms with Crippen molar-refractivity contribution in [1.29, 1.82) is 0 Å². The number of hydrogen-bond acceptors (Lipinski definition) is 3. The molecule has 2 amide bonds. The Morgan fingerprint density at radius 1 is 1.20 bits per heavy atom. The fourth-order valence-corrected chi connectivity index (χ4v) is 3.91. The number of carbonyl (C=O) groups excluding carboxylic acids is 2. The number of carboxylic acids is 1. The molecular formula is C18H21ClN2O4. The highest BCUT2D eigenvalue weighted by Crippen LogP contribution is 2.33. The van der Waals surface area contributed by atoms with E-state index in [1.54, 1.807) is 24.3 Å². The van der Waals surface area contributed by atoms with E-state index in [9.17, 15) is 19.5 Å². The van der Waals surface area contributed by atoms with Crippen LogP contribution in [0.5, 0.6) is 0 Å². The predicted molar refractivity (Wildman–Crippen MR) is 93.5 cm³/mol. The van der Waals surface area contributed by atoms with Gasteiger partial charge in [-0.1, -0.05) is 43.0 Å². The summed E-state index contributed by atoms with van der Waals surface area (Å²) in [6.07, 6.45) is 3.47. The van der Waals surface area contributed by atoms with E-state index in [-0.39, 0.29) is 24.8 Å². The third-order valence-corrected chi connectivity index (χ3v) is 5.44. The second-order valence-electron chi connectivity index (χ2n) is 6.79. The second kappa shape index (κ2) is 7.04. The molecule has 0 spiro atoms. The molecule has 0 unspecified atom stereocenters. The molecule has 2 N–H and O–H groups in total. The van der Waals surface area contributed by atoms with Crippen molar-refractivity contribution >= 4 is 35.1 Å². The maximum Gasteiger partial charge on any atom is 0.329 e. The zero-order valence-electron chi connectivity index (χ0n) is 13.8. The highest BCUT2D eigenvalue weighted by atomic mass is 35.5. The van der Waals surface area contributed by atoms with E-state index in [0.29, 0.717) is 23.6 Å². The zero-order valence-corrected chi connectivity index (χ0v) is 14.6. The highest BCUT2D eigenvalue weighted by Gasteiger charge is 2.44. The summed E-state index contributed by atoms with van der Waals surface area (Å²) < 4.78 is 0. The normalized spacial score (nSPS) is 22.7. The van der Waals surface area contributed by atoms with Gasteiger partial charge in [-0.2, -0.15) is 0 Å². The van der Waals surface area contributed by atoms with Crippen molar-refractivity contribution in [3.05, 3.63) is 29.3 Å². The first-order chi connectivity index (χ1) is 11.9. The fraction of sp³-hybridized carbons (Fsp3) is 0.500. The van der Waals surface area contributed by atoms with Crippen molar-refractivity contribution in [2.24, 2.45) is 5.92 Å². The molecule has 3 rings (SSSR count).